The molecule has 24 heavy (non-hydrogen) atoms. The van der Waals surface area contributed by atoms with Gasteiger partial charge in [0.1, 0.15) is 0 Å². The van der Waals surface area contributed by atoms with Crippen molar-refractivity contribution in [2.24, 2.45) is 5.92 Å². The van der Waals surface area contributed by atoms with E-state index in [1.807, 2.05) is 45.0 Å². The normalized spacial score (nSPS) is 22.8. The van der Waals surface area contributed by atoms with Gasteiger partial charge in [-0.15, -0.1) is 0 Å². The largest absolute Gasteiger partial charge is 0.420 e. The van der Waals surface area contributed by atoms with Gasteiger partial charge in [-0.05, 0) is 48.4 Å². The fourth-order valence-corrected chi connectivity index (χ4v) is 9.08. The van der Waals surface area contributed by atoms with Crippen molar-refractivity contribution in [2.75, 3.05) is 6.61 Å². The standard InChI is InChI=1S/C18H31O4PSi/c1-4-16-10-6-7-11-17(16)18(5-2,23(19,20)21)15(3)14-24-13-9-8-12-22-24/h6-7,10-11,15,24H,4-5,8-9,12-14H2,1-3H3,(H2,19,20,21). The maximum atomic E-state index is 12.7. The van der Waals surface area contributed by atoms with Crippen molar-refractivity contribution in [3.05, 3.63) is 35.4 Å². The second kappa shape index (κ2) is 8.28. The van der Waals surface area contributed by atoms with Crippen LogP contribution in [0.2, 0.25) is 12.1 Å². The lowest BCUT2D eigenvalue weighted by molar-refractivity contribution is 0.258. The van der Waals surface area contributed by atoms with Gasteiger partial charge in [0.25, 0.3) is 0 Å². The fraction of sp³-hybridized carbons (Fsp3) is 0.667. The number of hydrogen-bond donors (Lipinski definition) is 2. The first-order valence-electron chi connectivity index (χ1n) is 9.12. The van der Waals surface area contributed by atoms with E-state index in [1.165, 1.54) is 6.42 Å². The Hall–Kier alpha value is -0.453. The average Bonchev–Trinajstić information content (AvgIpc) is 2.56. The first-order chi connectivity index (χ1) is 11.4. The topological polar surface area (TPSA) is 66.8 Å². The molecule has 0 aliphatic carbocycles. The predicted molar refractivity (Wildman–Crippen MR) is 101 cm³/mol. The third-order valence-electron chi connectivity index (χ3n) is 5.63. The summed E-state index contributed by atoms with van der Waals surface area (Å²) < 4.78 is 18.7. The van der Waals surface area contributed by atoms with Crippen LogP contribution in [0.3, 0.4) is 0 Å². The summed E-state index contributed by atoms with van der Waals surface area (Å²) in [5, 5.41) is -1.10. The van der Waals surface area contributed by atoms with Gasteiger partial charge in [0, 0.05) is 6.61 Å². The number of hydrogen-bond acceptors (Lipinski definition) is 2. The molecule has 2 N–H and O–H groups in total. The first-order valence-corrected chi connectivity index (χ1v) is 12.8. The van der Waals surface area contributed by atoms with Crippen LogP contribution in [0, 0.1) is 5.92 Å². The van der Waals surface area contributed by atoms with E-state index < -0.39 is 21.8 Å². The smallest absolute Gasteiger partial charge is 0.336 e. The molecule has 1 fully saturated rings. The fourth-order valence-electron chi connectivity index (χ4n) is 4.29. The molecule has 3 unspecified atom stereocenters. The molecule has 0 aromatic heterocycles. The Labute approximate surface area is 147 Å². The summed E-state index contributed by atoms with van der Waals surface area (Å²) in [5.41, 5.74) is 1.88. The van der Waals surface area contributed by atoms with Gasteiger partial charge in [0.15, 0.2) is 9.04 Å². The van der Waals surface area contributed by atoms with Crippen LogP contribution in [0.25, 0.3) is 0 Å². The number of aryl methyl sites for hydroxylation is 1. The minimum Gasteiger partial charge on any atom is -0.420 e. The minimum atomic E-state index is -4.33. The molecule has 136 valence electrons. The van der Waals surface area contributed by atoms with E-state index in [9.17, 15) is 14.4 Å². The van der Waals surface area contributed by atoms with E-state index in [4.69, 9.17) is 4.43 Å². The average molecular weight is 371 g/mol. The highest BCUT2D eigenvalue weighted by atomic mass is 31.2. The van der Waals surface area contributed by atoms with Crippen molar-refractivity contribution in [3.8, 4) is 0 Å². The molecule has 4 nitrogen and oxygen atoms in total. The monoisotopic (exact) mass is 370 g/mol. The summed E-state index contributed by atoms with van der Waals surface area (Å²) in [7, 11) is -5.69. The van der Waals surface area contributed by atoms with Crippen molar-refractivity contribution in [1.82, 2.24) is 0 Å². The van der Waals surface area contributed by atoms with Crippen LogP contribution in [0.5, 0.6) is 0 Å². The molecule has 1 heterocycles. The number of benzene rings is 1. The van der Waals surface area contributed by atoms with E-state index in [0.29, 0.717) is 6.42 Å². The molecule has 0 amide bonds. The SMILES string of the molecule is CCc1ccccc1C(CC)(C(C)C[SiH]1CCCCO1)P(=O)(O)O. The highest BCUT2D eigenvalue weighted by Crippen LogP contribution is 2.64. The molecule has 1 aliphatic heterocycles. The summed E-state index contributed by atoms with van der Waals surface area (Å²) in [6.07, 6.45) is 3.54. The molecule has 6 heteroatoms. The van der Waals surface area contributed by atoms with Gasteiger partial charge >= 0.3 is 7.60 Å². The molecular formula is C18H31O4PSi. The molecule has 0 spiro atoms. The van der Waals surface area contributed by atoms with Crippen molar-refractivity contribution in [2.45, 2.75) is 63.7 Å². The maximum Gasteiger partial charge on any atom is 0.336 e. The van der Waals surface area contributed by atoms with Gasteiger partial charge < -0.3 is 14.2 Å². The van der Waals surface area contributed by atoms with Crippen LogP contribution in [-0.4, -0.2) is 25.4 Å². The van der Waals surface area contributed by atoms with Crippen molar-refractivity contribution < 1.29 is 18.8 Å². The molecule has 1 aromatic carbocycles. The van der Waals surface area contributed by atoms with Gasteiger partial charge in [-0.3, -0.25) is 4.57 Å². The second-order valence-electron chi connectivity index (χ2n) is 6.96. The van der Waals surface area contributed by atoms with Gasteiger partial charge in [0.05, 0.1) is 5.16 Å². The first kappa shape index (κ1) is 19.9. The summed E-state index contributed by atoms with van der Waals surface area (Å²) >= 11 is 0. The summed E-state index contributed by atoms with van der Waals surface area (Å²) in [6.45, 7) is 6.79. The quantitative estimate of drug-likeness (QED) is 0.557. The van der Waals surface area contributed by atoms with Gasteiger partial charge in [-0.2, -0.15) is 0 Å². The minimum absolute atomic E-state index is 0.0919. The second-order valence-corrected chi connectivity index (χ2v) is 11.5. The zero-order valence-electron chi connectivity index (χ0n) is 15.1. The number of rotatable bonds is 7. The van der Waals surface area contributed by atoms with E-state index >= 15 is 0 Å². The van der Waals surface area contributed by atoms with Crippen LogP contribution in [0.4, 0.5) is 0 Å². The Balaban J connectivity index is 2.44. The molecule has 3 atom stereocenters. The summed E-state index contributed by atoms with van der Waals surface area (Å²) in [4.78, 5) is 20.8. The summed E-state index contributed by atoms with van der Waals surface area (Å²) in [5.74, 6) is -0.0919. The molecule has 1 saturated heterocycles. The molecule has 0 bridgehead atoms. The van der Waals surface area contributed by atoms with Crippen LogP contribution >= 0.6 is 7.60 Å². The van der Waals surface area contributed by atoms with Gasteiger partial charge in [0.2, 0.25) is 0 Å². The molecule has 1 aromatic rings. The van der Waals surface area contributed by atoms with Crippen LogP contribution < -0.4 is 0 Å². The Morgan fingerprint density at radius 2 is 2.00 bits per heavy atom. The Morgan fingerprint density at radius 1 is 1.29 bits per heavy atom. The van der Waals surface area contributed by atoms with Crippen LogP contribution in [0.1, 0.15) is 51.2 Å². The Kier molecular flexibility index (Phi) is 6.86. The third-order valence-corrected chi connectivity index (χ3v) is 10.7. The van der Waals surface area contributed by atoms with Crippen molar-refractivity contribution >= 4 is 16.6 Å². The summed E-state index contributed by atoms with van der Waals surface area (Å²) in [6, 6.07) is 9.72. The van der Waals surface area contributed by atoms with E-state index in [2.05, 4.69) is 0 Å². The molecular weight excluding hydrogens is 339 g/mol. The van der Waals surface area contributed by atoms with E-state index in [1.54, 1.807) is 0 Å². The van der Waals surface area contributed by atoms with Crippen LogP contribution in [0.15, 0.2) is 24.3 Å². The van der Waals surface area contributed by atoms with E-state index in [0.717, 1.165) is 42.7 Å². The van der Waals surface area contributed by atoms with E-state index in [-0.39, 0.29) is 5.92 Å². The molecule has 0 saturated carbocycles. The zero-order valence-corrected chi connectivity index (χ0v) is 17.1. The predicted octanol–water partition coefficient (Wildman–Crippen LogP) is 4.20. The molecule has 2 rings (SSSR count). The third kappa shape index (κ3) is 3.86. The Morgan fingerprint density at radius 3 is 2.54 bits per heavy atom. The highest BCUT2D eigenvalue weighted by molar-refractivity contribution is 7.53. The lowest BCUT2D eigenvalue weighted by Gasteiger charge is -2.41. The Bertz CT molecular complexity index is 582. The van der Waals surface area contributed by atoms with Gasteiger partial charge in [-0.1, -0.05) is 51.5 Å². The van der Waals surface area contributed by atoms with Crippen molar-refractivity contribution in [3.63, 3.8) is 0 Å². The maximum absolute atomic E-state index is 12.7. The molecule has 1 aliphatic rings. The highest BCUT2D eigenvalue weighted by Gasteiger charge is 2.52. The molecule has 0 radical (unpaired) electrons. The zero-order chi connectivity index (χ0) is 17.8. The lowest BCUT2D eigenvalue weighted by atomic mass is 9.82. The van der Waals surface area contributed by atoms with Gasteiger partial charge in [-0.25, -0.2) is 0 Å². The van der Waals surface area contributed by atoms with Crippen LogP contribution in [-0.2, 0) is 20.6 Å². The van der Waals surface area contributed by atoms with Crippen molar-refractivity contribution in [1.29, 1.82) is 0 Å². The lowest BCUT2D eigenvalue weighted by Crippen LogP contribution is -2.38.